The van der Waals surface area contributed by atoms with Crippen molar-refractivity contribution in [3.05, 3.63) is 46.2 Å². The van der Waals surface area contributed by atoms with Crippen LogP contribution in [0.3, 0.4) is 0 Å². The summed E-state index contributed by atoms with van der Waals surface area (Å²) in [4.78, 5) is 11.1. The molecule has 0 aliphatic carbocycles. The topological polar surface area (TPSA) is 55.8 Å². The minimum Gasteiger partial charge on any atom is -0.493 e. The number of thiophene rings is 1. The van der Waals surface area contributed by atoms with Crippen LogP contribution in [0, 0.1) is 0 Å². The fourth-order valence-corrected chi connectivity index (χ4v) is 2.20. The summed E-state index contributed by atoms with van der Waals surface area (Å²) in [6, 6.07) is 8.95. The van der Waals surface area contributed by atoms with E-state index in [4.69, 9.17) is 14.6 Å². The van der Waals surface area contributed by atoms with Gasteiger partial charge in [-0.25, -0.2) is 4.79 Å². The van der Waals surface area contributed by atoms with Gasteiger partial charge in [-0.1, -0.05) is 12.1 Å². The number of benzene rings is 1. The number of rotatable bonds is 5. The van der Waals surface area contributed by atoms with Gasteiger partial charge in [-0.2, -0.15) is 0 Å². The third-order valence-electron chi connectivity index (χ3n) is 2.33. The van der Waals surface area contributed by atoms with Crippen molar-refractivity contribution >= 4 is 17.3 Å². The molecule has 1 aromatic carbocycles. The number of hydrogen-bond acceptors (Lipinski definition) is 4. The van der Waals surface area contributed by atoms with E-state index in [0.29, 0.717) is 23.0 Å². The molecule has 0 saturated carbocycles. The lowest BCUT2D eigenvalue weighted by Crippen LogP contribution is -1.97. The van der Waals surface area contributed by atoms with Crippen molar-refractivity contribution in [1.29, 1.82) is 0 Å². The molecule has 0 radical (unpaired) electrons. The zero-order chi connectivity index (χ0) is 13.0. The molecule has 0 spiro atoms. The first-order chi connectivity index (χ1) is 8.70. The van der Waals surface area contributed by atoms with E-state index in [2.05, 4.69) is 0 Å². The Morgan fingerprint density at radius 1 is 1.33 bits per heavy atom. The Morgan fingerprint density at radius 2 is 2.06 bits per heavy atom. The molecule has 4 nitrogen and oxygen atoms in total. The smallest absolute Gasteiger partial charge is 0.345 e. The molecule has 1 aromatic heterocycles. The monoisotopic (exact) mass is 264 g/mol. The number of hydrogen-bond donors (Lipinski definition) is 1. The van der Waals surface area contributed by atoms with Crippen LogP contribution < -0.4 is 9.47 Å². The SMILES string of the molecule is COc1ccccc1OCc1csc(C(=O)O)c1. The van der Waals surface area contributed by atoms with Crippen molar-refractivity contribution in [3.63, 3.8) is 0 Å². The Balaban J connectivity index is 2.04. The van der Waals surface area contributed by atoms with Crippen molar-refractivity contribution in [2.45, 2.75) is 6.61 Å². The third kappa shape index (κ3) is 2.81. The standard InChI is InChI=1S/C13H12O4S/c1-16-10-4-2-3-5-11(10)17-7-9-6-12(13(14)15)18-8-9/h2-6,8H,7H2,1H3,(H,14,15). The van der Waals surface area contributed by atoms with E-state index in [-0.39, 0.29) is 0 Å². The summed E-state index contributed by atoms with van der Waals surface area (Å²) < 4.78 is 10.8. The largest absolute Gasteiger partial charge is 0.493 e. The first-order valence-electron chi connectivity index (χ1n) is 5.27. The van der Waals surface area contributed by atoms with Gasteiger partial charge in [-0.3, -0.25) is 0 Å². The number of carboxylic acids is 1. The minimum atomic E-state index is -0.913. The predicted molar refractivity (Wildman–Crippen MR) is 68.6 cm³/mol. The summed E-state index contributed by atoms with van der Waals surface area (Å²) in [5.41, 5.74) is 0.836. The van der Waals surface area contributed by atoms with Crippen LogP contribution in [0.15, 0.2) is 35.7 Å². The summed E-state index contributed by atoms with van der Waals surface area (Å²) >= 11 is 1.19. The zero-order valence-electron chi connectivity index (χ0n) is 9.75. The average molecular weight is 264 g/mol. The van der Waals surface area contributed by atoms with Crippen LogP contribution in [0.25, 0.3) is 0 Å². The second-order valence-electron chi connectivity index (χ2n) is 3.56. The molecule has 0 aliphatic rings. The maximum Gasteiger partial charge on any atom is 0.345 e. The number of ether oxygens (including phenoxy) is 2. The molecule has 0 unspecified atom stereocenters. The summed E-state index contributed by atoms with van der Waals surface area (Å²) in [6.07, 6.45) is 0. The molecule has 0 saturated heterocycles. The second-order valence-corrected chi connectivity index (χ2v) is 4.48. The van der Waals surface area contributed by atoms with Crippen molar-refractivity contribution < 1.29 is 19.4 Å². The van der Waals surface area contributed by atoms with E-state index in [1.807, 2.05) is 24.3 Å². The number of carboxylic acid groups (broad SMARTS) is 1. The molecule has 94 valence electrons. The predicted octanol–water partition coefficient (Wildman–Crippen LogP) is 3.03. The van der Waals surface area contributed by atoms with Crippen LogP contribution in [0.5, 0.6) is 11.5 Å². The van der Waals surface area contributed by atoms with E-state index in [0.717, 1.165) is 5.56 Å². The van der Waals surface area contributed by atoms with Gasteiger partial charge in [0.15, 0.2) is 11.5 Å². The lowest BCUT2D eigenvalue weighted by Gasteiger charge is -2.09. The molecule has 1 heterocycles. The fraction of sp³-hybridized carbons (Fsp3) is 0.154. The zero-order valence-corrected chi connectivity index (χ0v) is 10.6. The summed E-state index contributed by atoms with van der Waals surface area (Å²) in [5, 5.41) is 10.6. The number of aromatic carboxylic acids is 1. The Labute approximate surface area is 108 Å². The van der Waals surface area contributed by atoms with Crippen molar-refractivity contribution in [3.8, 4) is 11.5 Å². The molecule has 2 rings (SSSR count). The van der Waals surface area contributed by atoms with Gasteiger partial charge in [0.2, 0.25) is 0 Å². The highest BCUT2D eigenvalue weighted by molar-refractivity contribution is 7.12. The first-order valence-corrected chi connectivity index (χ1v) is 6.15. The summed E-state index contributed by atoms with van der Waals surface area (Å²) in [5.74, 6) is 0.387. The maximum atomic E-state index is 10.7. The highest BCUT2D eigenvalue weighted by Gasteiger charge is 2.08. The van der Waals surface area contributed by atoms with Gasteiger partial charge >= 0.3 is 5.97 Å². The Morgan fingerprint density at radius 3 is 2.67 bits per heavy atom. The Hall–Kier alpha value is -2.01. The van der Waals surface area contributed by atoms with Gasteiger partial charge in [0, 0.05) is 5.56 Å². The Bertz CT molecular complexity index is 547. The van der Waals surface area contributed by atoms with Gasteiger partial charge in [0.05, 0.1) is 7.11 Å². The van der Waals surface area contributed by atoms with E-state index >= 15 is 0 Å². The molecule has 1 N–H and O–H groups in total. The quantitative estimate of drug-likeness (QED) is 0.901. The number of para-hydroxylation sites is 2. The highest BCUT2D eigenvalue weighted by Crippen LogP contribution is 2.27. The average Bonchev–Trinajstić information content (AvgIpc) is 2.85. The van der Waals surface area contributed by atoms with Crippen LogP contribution >= 0.6 is 11.3 Å². The molecular weight excluding hydrogens is 252 g/mol. The van der Waals surface area contributed by atoms with Crippen LogP contribution in [0.4, 0.5) is 0 Å². The highest BCUT2D eigenvalue weighted by atomic mass is 32.1. The van der Waals surface area contributed by atoms with E-state index in [1.165, 1.54) is 11.3 Å². The fourth-order valence-electron chi connectivity index (χ4n) is 1.46. The van der Waals surface area contributed by atoms with Crippen molar-refractivity contribution in [2.24, 2.45) is 0 Å². The Kier molecular flexibility index (Phi) is 3.84. The van der Waals surface area contributed by atoms with E-state index in [1.54, 1.807) is 18.6 Å². The van der Waals surface area contributed by atoms with Crippen LogP contribution in [-0.2, 0) is 6.61 Å². The van der Waals surface area contributed by atoms with Crippen LogP contribution in [-0.4, -0.2) is 18.2 Å². The molecule has 0 fully saturated rings. The summed E-state index contributed by atoms with van der Waals surface area (Å²) in [6.45, 7) is 0.324. The molecule has 5 heteroatoms. The van der Waals surface area contributed by atoms with Crippen LogP contribution in [0.1, 0.15) is 15.2 Å². The molecule has 0 aliphatic heterocycles. The van der Waals surface area contributed by atoms with Gasteiger partial charge in [0.1, 0.15) is 11.5 Å². The molecule has 0 atom stereocenters. The number of methoxy groups -OCH3 is 1. The molecule has 18 heavy (non-hydrogen) atoms. The van der Waals surface area contributed by atoms with Gasteiger partial charge in [0.25, 0.3) is 0 Å². The summed E-state index contributed by atoms with van der Waals surface area (Å²) in [7, 11) is 1.58. The van der Waals surface area contributed by atoms with Crippen molar-refractivity contribution in [2.75, 3.05) is 7.11 Å². The lowest BCUT2D eigenvalue weighted by molar-refractivity contribution is 0.0702. The first kappa shape index (κ1) is 12.4. The van der Waals surface area contributed by atoms with Gasteiger partial charge in [-0.05, 0) is 23.6 Å². The second kappa shape index (κ2) is 5.55. The third-order valence-corrected chi connectivity index (χ3v) is 3.29. The molecule has 0 amide bonds. The van der Waals surface area contributed by atoms with Gasteiger partial charge < -0.3 is 14.6 Å². The van der Waals surface area contributed by atoms with E-state index in [9.17, 15) is 4.79 Å². The van der Waals surface area contributed by atoms with Crippen LogP contribution in [0.2, 0.25) is 0 Å². The molecule has 2 aromatic rings. The maximum absolute atomic E-state index is 10.7. The normalized spacial score (nSPS) is 10.1. The number of carbonyl (C=O) groups is 1. The molecular formula is C13H12O4S. The van der Waals surface area contributed by atoms with Crippen molar-refractivity contribution in [1.82, 2.24) is 0 Å². The van der Waals surface area contributed by atoms with E-state index < -0.39 is 5.97 Å². The lowest BCUT2D eigenvalue weighted by atomic mass is 10.3. The molecule has 0 bridgehead atoms. The van der Waals surface area contributed by atoms with Gasteiger partial charge in [-0.15, -0.1) is 11.3 Å². The minimum absolute atomic E-state index is 0.314.